The zero-order valence-corrected chi connectivity index (χ0v) is 9.65. The first-order valence-electron chi connectivity index (χ1n) is 4.21. The van der Waals surface area contributed by atoms with Crippen LogP contribution in [0.2, 0.25) is 0 Å². The second-order valence-corrected chi connectivity index (χ2v) is 3.79. The van der Waals surface area contributed by atoms with Gasteiger partial charge < -0.3 is 9.84 Å². The molecule has 1 aromatic rings. The van der Waals surface area contributed by atoms with Crippen LogP contribution in [-0.4, -0.2) is 23.7 Å². The van der Waals surface area contributed by atoms with Crippen molar-refractivity contribution >= 4 is 15.9 Å². The molecule has 0 aliphatic heterocycles. The van der Waals surface area contributed by atoms with Gasteiger partial charge in [-0.2, -0.15) is 0 Å². The Balaban J connectivity index is 2.90. The van der Waals surface area contributed by atoms with E-state index in [0.717, 1.165) is 5.56 Å². The number of hydrogen-bond donors (Lipinski definition) is 1. The molecule has 0 aliphatic carbocycles. The molecule has 15 heavy (non-hydrogen) atoms. The van der Waals surface area contributed by atoms with Crippen molar-refractivity contribution in [3.63, 3.8) is 0 Å². The standard InChI is InChI=1S/C9H10BrNO4/c1-15-8-5-6(2-3-11(13)14)4-7(10)9(8)12/h4-5,12H,2-3H2,1H3. The van der Waals surface area contributed by atoms with Crippen molar-refractivity contribution < 1.29 is 14.8 Å². The number of phenolic OH excluding ortho intramolecular Hbond substituents is 1. The van der Waals surface area contributed by atoms with Gasteiger partial charge in [-0.25, -0.2) is 0 Å². The van der Waals surface area contributed by atoms with Crippen molar-refractivity contribution in [2.75, 3.05) is 13.7 Å². The molecule has 0 heterocycles. The van der Waals surface area contributed by atoms with Gasteiger partial charge in [-0.15, -0.1) is 0 Å². The Morgan fingerprint density at radius 3 is 2.80 bits per heavy atom. The van der Waals surface area contributed by atoms with E-state index in [1.54, 1.807) is 12.1 Å². The van der Waals surface area contributed by atoms with Gasteiger partial charge in [-0.05, 0) is 33.6 Å². The van der Waals surface area contributed by atoms with Gasteiger partial charge in [-0.3, -0.25) is 10.1 Å². The molecule has 0 amide bonds. The van der Waals surface area contributed by atoms with Crippen LogP contribution in [0.4, 0.5) is 0 Å². The fourth-order valence-electron chi connectivity index (χ4n) is 1.15. The van der Waals surface area contributed by atoms with Crippen LogP contribution in [0.5, 0.6) is 11.5 Å². The van der Waals surface area contributed by atoms with Gasteiger partial charge >= 0.3 is 0 Å². The molecule has 6 heteroatoms. The van der Waals surface area contributed by atoms with Crippen molar-refractivity contribution in [1.82, 2.24) is 0 Å². The lowest BCUT2D eigenvalue weighted by molar-refractivity contribution is -0.479. The Morgan fingerprint density at radius 1 is 1.60 bits per heavy atom. The minimum atomic E-state index is -0.382. The number of nitrogens with zero attached hydrogens (tertiary/aromatic N) is 1. The van der Waals surface area contributed by atoms with E-state index in [9.17, 15) is 15.2 Å². The highest BCUT2D eigenvalue weighted by molar-refractivity contribution is 9.10. The smallest absolute Gasteiger partial charge is 0.207 e. The van der Waals surface area contributed by atoms with Crippen LogP contribution in [0.15, 0.2) is 16.6 Å². The summed E-state index contributed by atoms with van der Waals surface area (Å²) in [5.74, 6) is 0.310. The lowest BCUT2D eigenvalue weighted by Crippen LogP contribution is -2.04. The average molecular weight is 276 g/mol. The summed E-state index contributed by atoms with van der Waals surface area (Å²) in [6.07, 6.45) is 0.308. The zero-order valence-electron chi connectivity index (χ0n) is 8.07. The number of ether oxygens (including phenoxy) is 1. The summed E-state index contributed by atoms with van der Waals surface area (Å²) in [7, 11) is 1.43. The molecule has 1 rings (SSSR count). The Labute approximate surface area is 95.0 Å². The second-order valence-electron chi connectivity index (χ2n) is 2.93. The first-order chi connectivity index (χ1) is 7.04. The molecular weight excluding hydrogens is 266 g/mol. The van der Waals surface area contributed by atoms with E-state index in [1.807, 2.05) is 0 Å². The average Bonchev–Trinajstić information content (AvgIpc) is 2.19. The number of benzene rings is 1. The van der Waals surface area contributed by atoms with E-state index >= 15 is 0 Å². The largest absolute Gasteiger partial charge is 0.503 e. The number of nitro groups is 1. The molecule has 0 atom stereocenters. The summed E-state index contributed by atoms with van der Waals surface area (Å²) >= 11 is 3.14. The number of methoxy groups -OCH3 is 1. The van der Waals surface area contributed by atoms with E-state index in [-0.39, 0.29) is 17.2 Å². The van der Waals surface area contributed by atoms with Crippen molar-refractivity contribution in [3.05, 3.63) is 32.3 Å². The van der Waals surface area contributed by atoms with Crippen LogP contribution in [0.3, 0.4) is 0 Å². The molecule has 0 spiro atoms. The number of halogens is 1. The molecule has 1 N–H and O–H groups in total. The molecule has 1 aromatic carbocycles. The summed E-state index contributed by atoms with van der Waals surface area (Å²) in [5, 5.41) is 19.7. The summed E-state index contributed by atoms with van der Waals surface area (Å²) in [6.45, 7) is -0.139. The first kappa shape index (κ1) is 11.8. The summed E-state index contributed by atoms with van der Waals surface area (Å²) < 4.78 is 5.40. The molecule has 0 radical (unpaired) electrons. The first-order valence-corrected chi connectivity index (χ1v) is 5.01. The van der Waals surface area contributed by atoms with Gasteiger partial charge in [0.2, 0.25) is 6.54 Å². The minimum absolute atomic E-state index is 0.00218. The monoisotopic (exact) mass is 275 g/mol. The predicted octanol–water partition coefficient (Wildman–Crippen LogP) is 1.98. The molecule has 5 nitrogen and oxygen atoms in total. The number of hydrogen-bond acceptors (Lipinski definition) is 4. The lowest BCUT2D eigenvalue weighted by atomic mass is 10.1. The van der Waals surface area contributed by atoms with E-state index in [4.69, 9.17) is 4.74 Å². The van der Waals surface area contributed by atoms with Crippen LogP contribution in [0.25, 0.3) is 0 Å². The van der Waals surface area contributed by atoms with Gasteiger partial charge in [0.05, 0.1) is 11.6 Å². The Hall–Kier alpha value is -1.30. The van der Waals surface area contributed by atoms with Crippen LogP contribution in [0, 0.1) is 10.1 Å². The molecular formula is C9H10BrNO4. The van der Waals surface area contributed by atoms with Crippen molar-refractivity contribution in [2.45, 2.75) is 6.42 Å². The van der Waals surface area contributed by atoms with Crippen LogP contribution >= 0.6 is 15.9 Å². The highest BCUT2D eigenvalue weighted by Crippen LogP contribution is 2.35. The maximum atomic E-state index is 10.2. The third kappa shape index (κ3) is 3.09. The van der Waals surface area contributed by atoms with E-state index in [0.29, 0.717) is 16.6 Å². The predicted molar refractivity (Wildman–Crippen MR) is 57.9 cm³/mol. The third-order valence-electron chi connectivity index (χ3n) is 1.89. The molecule has 0 fully saturated rings. The second kappa shape index (κ2) is 4.97. The van der Waals surface area contributed by atoms with E-state index < -0.39 is 0 Å². The van der Waals surface area contributed by atoms with Gasteiger partial charge in [-0.1, -0.05) is 0 Å². The van der Waals surface area contributed by atoms with Crippen LogP contribution in [-0.2, 0) is 6.42 Å². The summed E-state index contributed by atoms with van der Waals surface area (Å²) in [4.78, 5) is 9.81. The fraction of sp³-hybridized carbons (Fsp3) is 0.333. The maximum Gasteiger partial charge on any atom is 0.207 e. The minimum Gasteiger partial charge on any atom is -0.503 e. The van der Waals surface area contributed by atoms with Crippen molar-refractivity contribution in [2.24, 2.45) is 0 Å². The molecule has 0 saturated heterocycles. The van der Waals surface area contributed by atoms with Crippen molar-refractivity contribution in [3.8, 4) is 11.5 Å². The molecule has 0 unspecified atom stereocenters. The van der Waals surface area contributed by atoms with Crippen molar-refractivity contribution in [1.29, 1.82) is 0 Å². The Bertz CT molecular complexity index is 381. The third-order valence-corrected chi connectivity index (χ3v) is 2.50. The lowest BCUT2D eigenvalue weighted by Gasteiger charge is -2.07. The van der Waals surface area contributed by atoms with Crippen LogP contribution in [0.1, 0.15) is 5.56 Å². The quantitative estimate of drug-likeness (QED) is 0.674. The molecule has 0 saturated carbocycles. The number of phenols is 1. The Morgan fingerprint density at radius 2 is 2.27 bits per heavy atom. The Kier molecular flexibility index (Phi) is 3.90. The number of rotatable bonds is 4. The molecule has 82 valence electrons. The SMILES string of the molecule is COc1cc(CC[N+](=O)[O-])cc(Br)c1O. The van der Waals surface area contributed by atoms with Gasteiger partial charge in [0.1, 0.15) is 0 Å². The normalized spacial score (nSPS) is 10.0. The topological polar surface area (TPSA) is 72.6 Å². The fourth-order valence-corrected chi connectivity index (χ4v) is 1.64. The summed E-state index contributed by atoms with van der Waals surface area (Å²) in [5.41, 5.74) is 0.744. The maximum absolute atomic E-state index is 10.2. The highest BCUT2D eigenvalue weighted by Gasteiger charge is 2.09. The molecule has 0 bridgehead atoms. The van der Waals surface area contributed by atoms with Gasteiger partial charge in [0.15, 0.2) is 11.5 Å². The van der Waals surface area contributed by atoms with Gasteiger partial charge in [0, 0.05) is 11.3 Å². The van der Waals surface area contributed by atoms with E-state index in [1.165, 1.54) is 7.11 Å². The summed E-state index contributed by atoms with van der Waals surface area (Å²) in [6, 6.07) is 3.23. The van der Waals surface area contributed by atoms with Gasteiger partial charge in [0.25, 0.3) is 0 Å². The van der Waals surface area contributed by atoms with Crippen LogP contribution < -0.4 is 4.74 Å². The van der Waals surface area contributed by atoms with E-state index in [2.05, 4.69) is 15.9 Å². The molecule has 0 aliphatic rings. The highest BCUT2D eigenvalue weighted by atomic mass is 79.9. The number of aromatic hydroxyl groups is 1. The molecule has 0 aromatic heterocycles. The zero-order chi connectivity index (χ0) is 11.4.